The van der Waals surface area contributed by atoms with Crippen molar-refractivity contribution in [3.8, 4) is 0 Å². The third-order valence-corrected chi connectivity index (χ3v) is 4.44. The van der Waals surface area contributed by atoms with Crippen molar-refractivity contribution in [2.45, 2.75) is 26.0 Å². The molecule has 1 aliphatic carbocycles. The summed E-state index contributed by atoms with van der Waals surface area (Å²) in [4.78, 5) is 14.1. The first-order chi connectivity index (χ1) is 13.0. The van der Waals surface area contributed by atoms with Crippen molar-refractivity contribution in [3.05, 3.63) is 77.9 Å². The topological polar surface area (TPSA) is 47.4 Å². The first-order valence-corrected chi connectivity index (χ1v) is 8.70. The van der Waals surface area contributed by atoms with Crippen LogP contribution in [0.1, 0.15) is 29.0 Å². The molecule has 3 rings (SSSR count). The van der Waals surface area contributed by atoms with E-state index in [2.05, 4.69) is 24.3 Å². The van der Waals surface area contributed by atoms with Gasteiger partial charge in [0, 0.05) is 18.5 Å². The summed E-state index contributed by atoms with van der Waals surface area (Å²) in [6, 6.07) is 1.66. The molecule has 0 N–H and O–H groups in total. The summed E-state index contributed by atoms with van der Waals surface area (Å²) in [7, 11) is 0. The Labute approximate surface area is 156 Å². The van der Waals surface area contributed by atoms with Gasteiger partial charge >= 0.3 is 0 Å². The highest BCUT2D eigenvalue weighted by molar-refractivity contribution is 5.93. The molecule has 5 nitrogen and oxygen atoms in total. The molecule has 1 aromatic rings. The average molecular weight is 373 g/mol. The minimum absolute atomic E-state index is 0.206. The summed E-state index contributed by atoms with van der Waals surface area (Å²) in [5.74, 6) is -1.19. The molecule has 1 amide bonds. The average Bonchev–Trinajstić information content (AvgIpc) is 3.10. The highest BCUT2D eigenvalue weighted by Crippen LogP contribution is 2.22. The number of hydrogen-bond acceptors (Lipinski definition) is 3. The van der Waals surface area contributed by atoms with Gasteiger partial charge in [-0.15, -0.1) is 0 Å². The van der Waals surface area contributed by atoms with E-state index in [0.29, 0.717) is 24.5 Å². The Morgan fingerprint density at radius 3 is 2.85 bits per heavy atom. The van der Waals surface area contributed by atoms with Crippen molar-refractivity contribution in [1.29, 1.82) is 0 Å². The number of nitrogens with zero attached hydrogens (tertiary/aromatic N) is 3. The van der Waals surface area contributed by atoms with E-state index in [1.165, 1.54) is 4.90 Å². The number of aromatic nitrogens is 2. The Hall–Kier alpha value is -2.96. The van der Waals surface area contributed by atoms with Crippen molar-refractivity contribution in [2.75, 3.05) is 13.1 Å². The molecule has 2 aliphatic rings. The Morgan fingerprint density at radius 2 is 2.19 bits per heavy atom. The Bertz CT molecular complexity index is 865. The lowest BCUT2D eigenvalue weighted by Crippen LogP contribution is -2.41. The first kappa shape index (κ1) is 18.8. The number of rotatable bonds is 7. The molecule has 0 aromatic carbocycles. The number of carbonyl (C=O) groups excluding carboxylic acids is 1. The minimum Gasteiger partial charge on any atom is -0.492 e. The molecule has 0 spiro atoms. The van der Waals surface area contributed by atoms with E-state index in [-0.39, 0.29) is 24.6 Å². The van der Waals surface area contributed by atoms with Gasteiger partial charge in [0.15, 0.2) is 0 Å². The summed E-state index contributed by atoms with van der Waals surface area (Å²) in [5.41, 5.74) is 0.742. The molecule has 0 radical (unpaired) electrons. The van der Waals surface area contributed by atoms with Crippen LogP contribution < -0.4 is 0 Å². The fourth-order valence-electron chi connectivity index (χ4n) is 2.99. The van der Waals surface area contributed by atoms with Crippen LogP contribution in [0.25, 0.3) is 0 Å². The van der Waals surface area contributed by atoms with E-state index in [1.54, 1.807) is 10.7 Å². The maximum absolute atomic E-state index is 13.8. The molecule has 0 saturated carbocycles. The Balaban J connectivity index is 1.71. The molecule has 2 heterocycles. The van der Waals surface area contributed by atoms with E-state index in [4.69, 9.17) is 4.74 Å². The van der Waals surface area contributed by atoms with Crippen molar-refractivity contribution < 1.29 is 18.3 Å². The number of allylic oxidation sites excluding steroid dienone is 6. The monoisotopic (exact) mass is 373 g/mol. The smallest absolute Gasteiger partial charge is 0.272 e. The van der Waals surface area contributed by atoms with Crippen molar-refractivity contribution in [2.24, 2.45) is 0 Å². The fraction of sp³-hybridized carbons (Fsp3) is 0.300. The maximum Gasteiger partial charge on any atom is 0.272 e. The predicted octanol–water partition coefficient (Wildman–Crippen LogP) is 3.98. The van der Waals surface area contributed by atoms with Crippen LogP contribution in [0.15, 0.2) is 66.5 Å². The molecule has 0 fully saturated rings. The lowest BCUT2D eigenvalue weighted by molar-refractivity contribution is 0.0713. The number of amides is 1. The predicted molar refractivity (Wildman–Crippen MR) is 98.0 cm³/mol. The second-order valence-corrected chi connectivity index (χ2v) is 6.29. The van der Waals surface area contributed by atoms with Gasteiger partial charge in [0.1, 0.15) is 29.6 Å². The third kappa shape index (κ3) is 4.24. The number of hydrogen-bond donors (Lipinski definition) is 0. The summed E-state index contributed by atoms with van der Waals surface area (Å²) < 4.78 is 34.7. The van der Waals surface area contributed by atoms with Crippen LogP contribution in [0.4, 0.5) is 8.78 Å². The highest BCUT2D eigenvalue weighted by atomic mass is 19.1. The van der Waals surface area contributed by atoms with E-state index in [0.717, 1.165) is 24.7 Å². The van der Waals surface area contributed by atoms with Crippen LogP contribution in [0.3, 0.4) is 0 Å². The second kappa shape index (κ2) is 8.16. The summed E-state index contributed by atoms with van der Waals surface area (Å²) >= 11 is 0. The fourth-order valence-corrected chi connectivity index (χ4v) is 2.99. The van der Waals surface area contributed by atoms with Crippen LogP contribution >= 0.6 is 0 Å². The van der Waals surface area contributed by atoms with Gasteiger partial charge in [0.05, 0.1) is 18.8 Å². The van der Waals surface area contributed by atoms with Crippen molar-refractivity contribution >= 4 is 5.91 Å². The SMILES string of the molecule is C=C/C(F)=C(/CN1CCn2nc(COC3=CC=CCC3)cc2C1=O)C(=C)F. The molecule has 0 bridgehead atoms. The van der Waals surface area contributed by atoms with Crippen LogP contribution in [0.5, 0.6) is 0 Å². The minimum atomic E-state index is -0.914. The lowest BCUT2D eigenvalue weighted by atomic mass is 10.1. The molecule has 142 valence electrons. The van der Waals surface area contributed by atoms with Crippen LogP contribution in [0, 0.1) is 0 Å². The van der Waals surface area contributed by atoms with Gasteiger partial charge in [-0.3, -0.25) is 9.48 Å². The molecule has 1 aliphatic heterocycles. The van der Waals surface area contributed by atoms with Crippen molar-refractivity contribution in [3.63, 3.8) is 0 Å². The quantitative estimate of drug-likeness (QED) is 0.679. The molecule has 27 heavy (non-hydrogen) atoms. The molecule has 0 unspecified atom stereocenters. The Kier molecular flexibility index (Phi) is 5.69. The van der Waals surface area contributed by atoms with E-state index in [9.17, 15) is 13.6 Å². The highest BCUT2D eigenvalue weighted by Gasteiger charge is 2.28. The summed E-state index contributed by atoms with van der Waals surface area (Å²) in [6.07, 6.45) is 8.62. The molecule has 0 atom stereocenters. The van der Waals surface area contributed by atoms with E-state index < -0.39 is 11.7 Å². The zero-order valence-corrected chi connectivity index (χ0v) is 15.0. The first-order valence-electron chi connectivity index (χ1n) is 8.70. The maximum atomic E-state index is 13.8. The van der Waals surface area contributed by atoms with Crippen LogP contribution in [0.2, 0.25) is 0 Å². The number of fused-ring (bicyclic) bond motifs is 1. The van der Waals surface area contributed by atoms with Gasteiger partial charge in [0.2, 0.25) is 0 Å². The number of halogens is 2. The van der Waals surface area contributed by atoms with Gasteiger partial charge in [-0.25, -0.2) is 8.78 Å². The third-order valence-electron chi connectivity index (χ3n) is 4.44. The number of carbonyl (C=O) groups is 1. The summed E-state index contributed by atoms with van der Waals surface area (Å²) in [6.45, 7) is 7.23. The van der Waals surface area contributed by atoms with E-state index >= 15 is 0 Å². The van der Waals surface area contributed by atoms with Gasteiger partial charge in [0.25, 0.3) is 5.91 Å². The van der Waals surface area contributed by atoms with E-state index in [1.807, 2.05) is 12.2 Å². The molecule has 1 aromatic heterocycles. The largest absolute Gasteiger partial charge is 0.492 e. The lowest BCUT2D eigenvalue weighted by Gasteiger charge is -2.28. The normalized spacial score (nSPS) is 17.2. The molecular weight excluding hydrogens is 352 g/mol. The Morgan fingerprint density at radius 1 is 1.37 bits per heavy atom. The summed E-state index contributed by atoms with van der Waals surface area (Å²) in [5, 5.41) is 4.39. The van der Waals surface area contributed by atoms with Gasteiger partial charge in [-0.05, 0) is 24.6 Å². The number of ether oxygens (including phenoxy) is 1. The standard InChI is InChI=1S/C20H21F2N3O2/c1-3-18(22)17(14(2)21)12-24-9-10-25-19(20(24)26)11-15(23-25)13-27-16-7-5-4-6-8-16/h3-5,7,11H,1-2,6,8-10,12-13H2/b18-17+. The molecule has 7 heteroatoms. The van der Waals surface area contributed by atoms with Crippen LogP contribution in [-0.2, 0) is 17.9 Å². The molecule has 0 saturated heterocycles. The zero-order chi connectivity index (χ0) is 19.4. The van der Waals surface area contributed by atoms with Crippen LogP contribution in [-0.4, -0.2) is 33.7 Å². The van der Waals surface area contributed by atoms with Gasteiger partial charge in [-0.1, -0.05) is 25.3 Å². The molecular formula is C20H21F2N3O2. The van der Waals surface area contributed by atoms with Crippen molar-refractivity contribution in [1.82, 2.24) is 14.7 Å². The second-order valence-electron chi connectivity index (χ2n) is 6.29. The van der Waals surface area contributed by atoms with Gasteiger partial charge in [-0.2, -0.15) is 5.10 Å². The van der Waals surface area contributed by atoms with Gasteiger partial charge < -0.3 is 9.64 Å². The zero-order valence-electron chi connectivity index (χ0n) is 15.0.